The van der Waals surface area contributed by atoms with Gasteiger partial charge in [-0.3, -0.25) is 0 Å². The number of hydrogen-bond acceptors (Lipinski definition) is 5. The zero-order valence-electron chi connectivity index (χ0n) is 12.4. The maximum Gasteiger partial charge on any atom is 0.244 e. The Kier molecular flexibility index (Phi) is 5.21. The molecule has 7 heteroatoms. The quantitative estimate of drug-likeness (QED) is 0.849. The number of hydrogen-bond donors (Lipinski definition) is 1. The van der Waals surface area contributed by atoms with Gasteiger partial charge in [-0.25, -0.2) is 8.42 Å². The molecule has 0 unspecified atom stereocenters. The van der Waals surface area contributed by atoms with Crippen LogP contribution in [0.2, 0.25) is 0 Å². The molecule has 116 valence electrons. The van der Waals surface area contributed by atoms with Gasteiger partial charge in [0, 0.05) is 24.5 Å². The third kappa shape index (κ3) is 3.94. The van der Waals surface area contributed by atoms with Crippen LogP contribution >= 0.6 is 11.3 Å². The van der Waals surface area contributed by atoms with Gasteiger partial charge in [-0.2, -0.15) is 4.31 Å². The summed E-state index contributed by atoms with van der Waals surface area (Å²) in [6.07, 6.45) is 1.54. The van der Waals surface area contributed by atoms with Crippen molar-refractivity contribution in [1.82, 2.24) is 9.62 Å². The Morgan fingerprint density at radius 2 is 2.14 bits per heavy atom. The van der Waals surface area contributed by atoms with Crippen molar-refractivity contribution < 1.29 is 12.8 Å². The molecule has 2 rings (SSSR count). The summed E-state index contributed by atoms with van der Waals surface area (Å²) in [7, 11) is -1.94. The minimum absolute atomic E-state index is 0.224. The first-order chi connectivity index (χ1) is 9.91. The number of rotatable bonds is 7. The van der Waals surface area contributed by atoms with Crippen LogP contribution in [0, 0.1) is 0 Å². The van der Waals surface area contributed by atoms with E-state index in [0.29, 0.717) is 23.2 Å². The minimum atomic E-state index is -3.51. The van der Waals surface area contributed by atoms with E-state index in [2.05, 4.69) is 5.32 Å². The molecule has 0 spiro atoms. The summed E-state index contributed by atoms with van der Waals surface area (Å²) in [5, 5.41) is 5.06. The van der Waals surface area contributed by atoms with Crippen LogP contribution in [0.15, 0.2) is 39.2 Å². The topological polar surface area (TPSA) is 62.6 Å². The van der Waals surface area contributed by atoms with Crippen LogP contribution in [0.1, 0.15) is 24.5 Å². The standard InChI is InChI=1S/C14H20N2O3S2/c1-11(2)15-9-13-14(6-8-20-13)21(17,18)16(3)10-12-5-4-7-19-12/h4-8,11,15H,9-10H2,1-3H3. The van der Waals surface area contributed by atoms with Crippen molar-refractivity contribution in [2.45, 2.75) is 37.9 Å². The van der Waals surface area contributed by atoms with Crippen LogP contribution in [0.25, 0.3) is 0 Å². The normalized spacial score (nSPS) is 12.4. The van der Waals surface area contributed by atoms with E-state index < -0.39 is 10.0 Å². The van der Waals surface area contributed by atoms with Crippen LogP contribution in [0.3, 0.4) is 0 Å². The molecule has 21 heavy (non-hydrogen) atoms. The monoisotopic (exact) mass is 328 g/mol. The Hall–Kier alpha value is -1.15. The van der Waals surface area contributed by atoms with Crippen LogP contribution in [-0.2, 0) is 23.1 Å². The fraction of sp³-hybridized carbons (Fsp3) is 0.429. The fourth-order valence-corrected chi connectivity index (χ4v) is 4.36. The van der Waals surface area contributed by atoms with Gasteiger partial charge >= 0.3 is 0 Å². The van der Waals surface area contributed by atoms with Gasteiger partial charge < -0.3 is 9.73 Å². The van der Waals surface area contributed by atoms with Crippen molar-refractivity contribution in [3.63, 3.8) is 0 Å². The third-order valence-corrected chi connectivity index (χ3v) is 5.96. The Labute approximate surface area is 129 Å². The van der Waals surface area contributed by atoms with Crippen LogP contribution in [0.5, 0.6) is 0 Å². The molecule has 2 aromatic heterocycles. The Balaban J connectivity index is 2.17. The lowest BCUT2D eigenvalue weighted by Gasteiger charge is -2.17. The number of furan rings is 1. The molecular weight excluding hydrogens is 308 g/mol. The highest BCUT2D eigenvalue weighted by Crippen LogP contribution is 2.25. The summed E-state index contributed by atoms with van der Waals surface area (Å²) < 4.78 is 31.8. The van der Waals surface area contributed by atoms with E-state index in [1.54, 1.807) is 31.5 Å². The fourth-order valence-electron chi connectivity index (χ4n) is 1.86. The average molecular weight is 328 g/mol. The highest BCUT2D eigenvalue weighted by Gasteiger charge is 2.25. The van der Waals surface area contributed by atoms with Gasteiger partial charge in [-0.05, 0) is 23.6 Å². The van der Waals surface area contributed by atoms with Crippen LogP contribution in [-0.4, -0.2) is 25.8 Å². The lowest BCUT2D eigenvalue weighted by Crippen LogP contribution is -2.28. The summed E-state index contributed by atoms with van der Waals surface area (Å²) in [6.45, 7) is 4.84. The summed E-state index contributed by atoms with van der Waals surface area (Å²) in [4.78, 5) is 1.20. The molecule has 1 N–H and O–H groups in total. The van der Waals surface area contributed by atoms with Gasteiger partial charge in [-0.15, -0.1) is 11.3 Å². The number of nitrogens with zero attached hydrogens (tertiary/aromatic N) is 1. The Bertz CT molecular complexity index is 660. The maximum absolute atomic E-state index is 12.6. The third-order valence-electron chi connectivity index (χ3n) is 3.02. The molecule has 0 aliphatic rings. The van der Waals surface area contributed by atoms with E-state index in [-0.39, 0.29) is 6.54 Å². The molecule has 0 bridgehead atoms. The lowest BCUT2D eigenvalue weighted by molar-refractivity contribution is 0.406. The van der Waals surface area contributed by atoms with Crippen LogP contribution < -0.4 is 5.32 Å². The first kappa shape index (κ1) is 16.2. The van der Waals surface area contributed by atoms with Gasteiger partial charge in [0.15, 0.2) is 0 Å². The number of sulfonamides is 1. The summed E-state index contributed by atoms with van der Waals surface area (Å²) >= 11 is 1.45. The highest BCUT2D eigenvalue weighted by molar-refractivity contribution is 7.89. The van der Waals surface area contributed by atoms with Crippen molar-refractivity contribution in [2.75, 3.05) is 7.05 Å². The van der Waals surface area contributed by atoms with E-state index in [9.17, 15) is 8.42 Å². The van der Waals surface area contributed by atoms with Crippen molar-refractivity contribution in [3.05, 3.63) is 40.5 Å². The zero-order valence-corrected chi connectivity index (χ0v) is 14.0. The molecule has 0 amide bonds. The molecule has 5 nitrogen and oxygen atoms in total. The molecule has 0 atom stereocenters. The highest BCUT2D eigenvalue weighted by atomic mass is 32.2. The molecular formula is C14H20N2O3S2. The minimum Gasteiger partial charge on any atom is -0.468 e. The first-order valence-corrected chi connectivity index (χ1v) is 9.01. The second-order valence-electron chi connectivity index (χ2n) is 5.08. The predicted octanol–water partition coefficient (Wildman–Crippen LogP) is 2.66. The van der Waals surface area contributed by atoms with Crippen molar-refractivity contribution in [3.8, 4) is 0 Å². The molecule has 2 aromatic rings. The molecule has 0 radical (unpaired) electrons. The molecule has 0 fully saturated rings. The smallest absolute Gasteiger partial charge is 0.244 e. The van der Waals surface area contributed by atoms with E-state index in [1.807, 2.05) is 19.2 Å². The molecule has 2 heterocycles. The summed E-state index contributed by atoms with van der Waals surface area (Å²) in [5.74, 6) is 0.623. The van der Waals surface area contributed by atoms with Gasteiger partial charge in [0.25, 0.3) is 0 Å². The molecule has 0 aliphatic carbocycles. The average Bonchev–Trinajstić information content (AvgIpc) is 3.06. The number of nitrogens with one attached hydrogen (secondary N) is 1. The van der Waals surface area contributed by atoms with Gasteiger partial charge in [-0.1, -0.05) is 13.8 Å². The maximum atomic E-state index is 12.6. The van der Waals surface area contributed by atoms with Crippen molar-refractivity contribution >= 4 is 21.4 Å². The van der Waals surface area contributed by atoms with Crippen LogP contribution in [0.4, 0.5) is 0 Å². The second kappa shape index (κ2) is 6.74. The second-order valence-corrected chi connectivity index (χ2v) is 8.10. The Morgan fingerprint density at radius 3 is 2.76 bits per heavy atom. The summed E-state index contributed by atoms with van der Waals surface area (Å²) in [5.41, 5.74) is 0. The van der Waals surface area contributed by atoms with Crippen molar-refractivity contribution in [1.29, 1.82) is 0 Å². The number of thiophene rings is 1. The van der Waals surface area contributed by atoms with Gasteiger partial charge in [0.2, 0.25) is 10.0 Å². The van der Waals surface area contributed by atoms with E-state index in [1.165, 1.54) is 15.6 Å². The summed E-state index contributed by atoms with van der Waals surface area (Å²) in [6, 6.07) is 5.48. The SMILES string of the molecule is CC(C)NCc1sccc1S(=O)(=O)N(C)Cc1ccco1. The lowest BCUT2D eigenvalue weighted by atomic mass is 10.4. The van der Waals surface area contributed by atoms with E-state index in [0.717, 1.165) is 4.88 Å². The van der Waals surface area contributed by atoms with E-state index in [4.69, 9.17) is 4.42 Å². The largest absolute Gasteiger partial charge is 0.468 e. The molecule has 0 saturated heterocycles. The van der Waals surface area contributed by atoms with Crippen molar-refractivity contribution in [2.24, 2.45) is 0 Å². The Morgan fingerprint density at radius 1 is 1.38 bits per heavy atom. The van der Waals surface area contributed by atoms with Gasteiger partial charge in [0.1, 0.15) is 5.76 Å². The first-order valence-electron chi connectivity index (χ1n) is 6.69. The molecule has 0 aromatic carbocycles. The molecule has 0 aliphatic heterocycles. The van der Waals surface area contributed by atoms with E-state index >= 15 is 0 Å². The zero-order chi connectivity index (χ0) is 15.5. The van der Waals surface area contributed by atoms with Gasteiger partial charge in [0.05, 0.1) is 17.7 Å². The molecule has 0 saturated carbocycles. The predicted molar refractivity (Wildman–Crippen MR) is 83.7 cm³/mol.